The minimum absolute atomic E-state index is 0.254. The highest BCUT2D eigenvalue weighted by Gasteiger charge is 2.15. The molecule has 3 nitrogen and oxygen atoms in total. The summed E-state index contributed by atoms with van der Waals surface area (Å²) in [5.74, 6) is 0.254. The van der Waals surface area contributed by atoms with Crippen molar-refractivity contribution in [3.63, 3.8) is 0 Å². The van der Waals surface area contributed by atoms with E-state index in [-0.39, 0.29) is 5.75 Å². The van der Waals surface area contributed by atoms with Crippen LogP contribution in [0.3, 0.4) is 0 Å². The van der Waals surface area contributed by atoms with Gasteiger partial charge in [0.25, 0.3) is 0 Å². The van der Waals surface area contributed by atoms with Gasteiger partial charge in [0, 0.05) is 19.6 Å². The number of para-hydroxylation sites is 2. The van der Waals surface area contributed by atoms with Crippen LogP contribution in [0.4, 0.5) is 14.5 Å². The zero-order chi connectivity index (χ0) is 12.1. The summed E-state index contributed by atoms with van der Waals surface area (Å²) in [7, 11) is 0. The van der Waals surface area contributed by atoms with Crippen LogP contribution in [0.25, 0.3) is 0 Å². The average Bonchev–Trinajstić information content (AvgIpc) is 2.57. The van der Waals surface area contributed by atoms with E-state index in [0.29, 0.717) is 0 Å². The minimum atomic E-state index is -2.78. The molecule has 0 atom stereocenters. The van der Waals surface area contributed by atoms with Crippen LogP contribution in [0.15, 0.2) is 24.3 Å². The highest BCUT2D eigenvalue weighted by Crippen LogP contribution is 2.29. The van der Waals surface area contributed by atoms with Gasteiger partial charge in [-0.1, -0.05) is 12.1 Å². The van der Waals surface area contributed by atoms with Crippen LogP contribution < -0.4 is 15.0 Å². The van der Waals surface area contributed by atoms with Crippen LogP contribution in [-0.2, 0) is 0 Å². The fourth-order valence-corrected chi connectivity index (χ4v) is 2.00. The molecule has 1 fully saturated rings. The van der Waals surface area contributed by atoms with Gasteiger partial charge < -0.3 is 15.0 Å². The van der Waals surface area contributed by atoms with Crippen molar-refractivity contribution in [1.82, 2.24) is 5.32 Å². The third-order valence-corrected chi connectivity index (χ3v) is 2.76. The van der Waals surface area contributed by atoms with Crippen molar-refractivity contribution in [2.75, 3.05) is 31.1 Å². The lowest BCUT2D eigenvalue weighted by Crippen LogP contribution is -2.28. The Morgan fingerprint density at radius 2 is 2.00 bits per heavy atom. The van der Waals surface area contributed by atoms with E-state index in [9.17, 15) is 8.78 Å². The van der Waals surface area contributed by atoms with E-state index in [4.69, 9.17) is 0 Å². The summed E-state index contributed by atoms with van der Waals surface area (Å²) in [4.78, 5) is 2.08. The molecule has 0 aliphatic carbocycles. The summed E-state index contributed by atoms with van der Waals surface area (Å²) in [6.07, 6.45) is 1.00. The molecule has 0 bridgehead atoms. The van der Waals surface area contributed by atoms with E-state index in [1.54, 1.807) is 12.1 Å². The van der Waals surface area contributed by atoms with Gasteiger partial charge in [0.1, 0.15) is 5.75 Å². The highest BCUT2D eigenvalue weighted by molar-refractivity contribution is 5.58. The maximum atomic E-state index is 12.3. The topological polar surface area (TPSA) is 24.5 Å². The van der Waals surface area contributed by atoms with E-state index < -0.39 is 6.61 Å². The maximum Gasteiger partial charge on any atom is 0.387 e. The number of hydrogen-bond acceptors (Lipinski definition) is 3. The quantitative estimate of drug-likeness (QED) is 0.878. The van der Waals surface area contributed by atoms with Crippen LogP contribution in [0, 0.1) is 0 Å². The van der Waals surface area contributed by atoms with Crippen LogP contribution >= 0.6 is 0 Å². The molecule has 1 heterocycles. The summed E-state index contributed by atoms with van der Waals surface area (Å²) < 4.78 is 29.1. The fourth-order valence-electron chi connectivity index (χ4n) is 2.00. The second kappa shape index (κ2) is 5.82. The van der Waals surface area contributed by atoms with Crippen molar-refractivity contribution in [3.8, 4) is 5.75 Å². The lowest BCUT2D eigenvalue weighted by atomic mass is 10.2. The predicted octanol–water partition coefficient (Wildman–Crippen LogP) is 2.09. The molecule has 1 saturated heterocycles. The molecule has 2 rings (SSSR count). The summed E-state index contributed by atoms with van der Waals surface area (Å²) in [6, 6.07) is 6.95. The molecule has 17 heavy (non-hydrogen) atoms. The largest absolute Gasteiger partial charge is 0.433 e. The zero-order valence-corrected chi connectivity index (χ0v) is 9.53. The van der Waals surface area contributed by atoms with Crippen molar-refractivity contribution >= 4 is 5.69 Å². The Morgan fingerprint density at radius 3 is 2.82 bits per heavy atom. The molecule has 1 aliphatic heterocycles. The van der Waals surface area contributed by atoms with Gasteiger partial charge in [-0.3, -0.25) is 0 Å². The smallest absolute Gasteiger partial charge is 0.387 e. The van der Waals surface area contributed by atoms with E-state index >= 15 is 0 Å². The Hall–Kier alpha value is -1.36. The third kappa shape index (κ3) is 3.30. The van der Waals surface area contributed by atoms with E-state index in [0.717, 1.165) is 38.3 Å². The number of benzene rings is 1. The molecule has 94 valence electrons. The lowest BCUT2D eigenvalue weighted by molar-refractivity contribution is -0.0495. The Morgan fingerprint density at radius 1 is 1.18 bits per heavy atom. The first-order valence-electron chi connectivity index (χ1n) is 5.77. The van der Waals surface area contributed by atoms with Crippen LogP contribution in [0.1, 0.15) is 6.42 Å². The summed E-state index contributed by atoms with van der Waals surface area (Å²) in [6.45, 7) is 0.721. The number of nitrogens with zero attached hydrogens (tertiary/aromatic N) is 1. The molecule has 0 spiro atoms. The van der Waals surface area contributed by atoms with Gasteiger partial charge in [-0.15, -0.1) is 0 Å². The number of rotatable bonds is 3. The van der Waals surface area contributed by atoms with Gasteiger partial charge in [0.15, 0.2) is 0 Å². The standard InChI is InChI=1S/C12H16F2N2O/c13-12(14)17-11-5-2-1-4-10(11)16-8-3-6-15-7-9-16/h1-2,4-5,12,15H,3,6-9H2. The SMILES string of the molecule is FC(F)Oc1ccccc1N1CCCNCC1. The number of anilines is 1. The normalized spacial score (nSPS) is 17.0. The second-order valence-electron chi connectivity index (χ2n) is 3.94. The number of halogens is 2. The van der Waals surface area contributed by atoms with E-state index in [1.165, 1.54) is 0 Å². The zero-order valence-electron chi connectivity index (χ0n) is 9.53. The lowest BCUT2D eigenvalue weighted by Gasteiger charge is -2.24. The molecule has 1 N–H and O–H groups in total. The number of nitrogens with one attached hydrogen (secondary N) is 1. The Labute approximate surface area is 99.4 Å². The Bertz CT molecular complexity index is 352. The van der Waals surface area contributed by atoms with Crippen molar-refractivity contribution < 1.29 is 13.5 Å². The molecule has 0 radical (unpaired) electrons. The van der Waals surface area contributed by atoms with Gasteiger partial charge >= 0.3 is 6.61 Å². The van der Waals surface area contributed by atoms with Crippen LogP contribution in [0.5, 0.6) is 5.75 Å². The summed E-state index contributed by atoms with van der Waals surface area (Å²) in [5, 5.41) is 3.28. The number of alkyl halides is 2. The van der Waals surface area contributed by atoms with Crippen LogP contribution in [-0.4, -0.2) is 32.8 Å². The molecule has 5 heteroatoms. The van der Waals surface area contributed by atoms with Crippen molar-refractivity contribution in [3.05, 3.63) is 24.3 Å². The van der Waals surface area contributed by atoms with Gasteiger partial charge in [-0.05, 0) is 25.1 Å². The fraction of sp³-hybridized carbons (Fsp3) is 0.500. The number of hydrogen-bond donors (Lipinski definition) is 1. The van der Waals surface area contributed by atoms with Crippen molar-refractivity contribution in [2.45, 2.75) is 13.0 Å². The predicted molar refractivity (Wildman–Crippen MR) is 62.8 cm³/mol. The first-order chi connectivity index (χ1) is 8.27. The second-order valence-corrected chi connectivity index (χ2v) is 3.94. The molecule has 0 unspecified atom stereocenters. The molecule has 0 amide bonds. The molecular weight excluding hydrogens is 226 g/mol. The molecule has 1 aromatic carbocycles. The van der Waals surface area contributed by atoms with Gasteiger partial charge in [0.05, 0.1) is 5.69 Å². The van der Waals surface area contributed by atoms with Crippen molar-refractivity contribution in [1.29, 1.82) is 0 Å². The monoisotopic (exact) mass is 242 g/mol. The van der Waals surface area contributed by atoms with E-state index in [2.05, 4.69) is 15.0 Å². The van der Waals surface area contributed by atoms with Gasteiger partial charge in [0.2, 0.25) is 0 Å². The first kappa shape index (κ1) is 12.1. The maximum absolute atomic E-state index is 12.3. The van der Waals surface area contributed by atoms with E-state index in [1.807, 2.05) is 12.1 Å². The summed E-state index contributed by atoms with van der Waals surface area (Å²) in [5.41, 5.74) is 0.747. The van der Waals surface area contributed by atoms with Crippen molar-refractivity contribution in [2.24, 2.45) is 0 Å². The van der Waals surface area contributed by atoms with Gasteiger partial charge in [-0.2, -0.15) is 8.78 Å². The Kier molecular flexibility index (Phi) is 4.14. The first-order valence-corrected chi connectivity index (χ1v) is 5.77. The molecule has 0 aromatic heterocycles. The van der Waals surface area contributed by atoms with Crippen LogP contribution in [0.2, 0.25) is 0 Å². The highest BCUT2D eigenvalue weighted by atomic mass is 19.3. The number of ether oxygens (including phenoxy) is 1. The van der Waals surface area contributed by atoms with Gasteiger partial charge in [-0.25, -0.2) is 0 Å². The molecule has 0 saturated carbocycles. The third-order valence-electron chi connectivity index (χ3n) is 2.76. The summed E-state index contributed by atoms with van der Waals surface area (Å²) >= 11 is 0. The minimum Gasteiger partial charge on any atom is -0.433 e. The Balaban J connectivity index is 2.17. The molecule has 1 aromatic rings. The average molecular weight is 242 g/mol. The molecule has 1 aliphatic rings. The molecular formula is C12H16F2N2O.